The highest BCUT2D eigenvalue weighted by Crippen LogP contribution is 2.64. The fourth-order valence-electron chi connectivity index (χ4n) is 7.56. The van der Waals surface area contributed by atoms with Crippen LogP contribution in [-0.4, -0.2) is 47.3 Å². The van der Waals surface area contributed by atoms with Gasteiger partial charge in [0, 0.05) is 12.5 Å². The van der Waals surface area contributed by atoms with Crippen molar-refractivity contribution in [1.29, 1.82) is 0 Å². The van der Waals surface area contributed by atoms with E-state index in [-0.39, 0.29) is 52.0 Å². The Morgan fingerprint density at radius 1 is 1.05 bits per heavy atom. The van der Waals surface area contributed by atoms with E-state index in [0.717, 1.165) is 16.5 Å². The van der Waals surface area contributed by atoms with Crippen molar-refractivity contribution in [2.24, 2.45) is 29.1 Å². The van der Waals surface area contributed by atoms with Gasteiger partial charge in [0.15, 0.2) is 11.5 Å². The van der Waals surface area contributed by atoms with Gasteiger partial charge >= 0.3 is 0 Å². The van der Waals surface area contributed by atoms with E-state index < -0.39 is 52.6 Å². The van der Waals surface area contributed by atoms with Crippen LogP contribution >= 0.6 is 23.2 Å². The quantitative estimate of drug-likeness (QED) is 0.387. The van der Waals surface area contributed by atoms with E-state index in [1.165, 1.54) is 30.2 Å². The molecule has 6 rings (SSSR count). The van der Waals surface area contributed by atoms with Crippen molar-refractivity contribution in [3.63, 3.8) is 0 Å². The summed E-state index contributed by atoms with van der Waals surface area (Å²) < 4.78 is 19.4. The Labute approximate surface area is 245 Å². The maximum atomic E-state index is 14.4. The van der Waals surface area contributed by atoms with E-state index >= 15 is 0 Å². The summed E-state index contributed by atoms with van der Waals surface area (Å²) in [5.74, 6) is -5.68. The van der Waals surface area contributed by atoms with Crippen LogP contribution in [-0.2, 0) is 19.2 Å². The van der Waals surface area contributed by atoms with Crippen LogP contribution in [0.1, 0.15) is 38.2 Å². The molecule has 0 radical (unpaired) electrons. The molecular formula is C30H27Cl2FN2O6. The van der Waals surface area contributed by atoms with Crippen LogP contribution in [0.5, 0.6) is 11.5 Å². The first-order valence-electron chi connectivity index (χ1n) is 13.4. The lowest BCUT2D eigenvalue weighted by Gasteiger charge is -2.49. The molecule has 6 atom stereocenters. The van der Waals surface area contributed by atoms with E-state index in [4.69, 9.17) is 27.9 Å². The van der Waals surface area contributed by atoms with Gasteiger partial charge in [-0.15, -0.1) is 0 Å². The molecular weight excluding hydrogens is 574 g/mol. The average molecular weight is 601 g/mol. The number of ether oxygens (including phenoxy) is 1. The first-order chi connectivity index (χ1) is 19.4. The Bertz CT molecular complexity index is 1580. The van der Waals surface area contributed by atoms with Crippen LogP contribution < -0.4 is 9.64 Å². The van der Waals surface area contributed by atoms with Gasteiger partial charge in [-0.2, -0.15) is 0 Å². The highest BCUT2D eigenvalue weighted by molar-refractivity contribution is 6.32. The number of carbonyl (C=O) groups excluding carboxylic acids is 4. The van der Waals surface area contributed by atoms with Crippen LogP contribution in [0, 0.1) is 34.9 Å². The number of hydrogen-bond donors (Lipinski definition) is 1. The Morgan fingerprint density at radius 2 is 1.78 bits per heavy atom. The molecule has 0 unspecified atom stereocenters. The molecule has 1 N–H and O–H groups in total. The molecule has 8 nitrogen and oxygen atoms in total. The van der Waals surface area contributed by atoms with Crippen LogP contribution in [0.4, 0.5) is 10.1 Å². The number of phenols is 1. The number of imide groups is 2. The topological polar surface area (TPSA) is 104 Å². The Hall–Kier alpha value is -3.43. The molecule has 2 aliphatic heterocycles. The van der Waals surface area contributed by atoms with Crippen LogP contribution in [0.15, 0.2) is 42.0 Å². The van der Waals surface area contributed by atoms with Crippen molar-refractivity contribution in [1.82, 2.24) is 4.90 Å². The van der Waals surface area contributed by atoms with Gasteiger partial charge in [-0.25, -0.2) is 9.29 Å². The third kappa shape index (κ3) is 3.71. The maximum Gasteiger partial charge on any atom is 0.241 e. The van der Waals surface area contributed by atoms with Gasteiger partial charge in [0.25, 0.3) is 0 Å². The number of anilines is 1. The molecule has 0 aromatic heterocycles. The highest BCUT2D eigenvalue weighted by atomic mass is 35.5. The Balaban J connectivity index is 1.56. The molecule has 4 amide bonds. The van der Waals surface area contributed by atoms with Crippen LogP contribution in [0.25, 0.3) is 0 Å². The summed E-state index contributed by atoms with van der Waals surface area (Å²) in [6, 6.07) is 6.78. The van der Waals surface area contributed by atoms with Gasteiger partial charge < -0.3 is 9.84 Å². The number of phenolic OH excluding ortho intramolecular Hbond substituents is 1. The number of halogens is 3. The molecule has 3 fully saturated rings. The van der Waals surface area contributed by atoms with Crippen molar-refractivity contribution >= 4 is 52.5 Å². The Kier molecular flexibility index (Phi) is 6.46. The molecule has 41 heavy (non-hydrogen) atoms. The zero-order valence-electron chi connectivity index (χ0n) is 22.5. The minimum Gasteiger partial charge on any atom is -0.503 e. The highest BCUT2D eigenvalue weighted by Gasteiger charge is 2.67. The number of benzene rings is 2. The molecule has 11 heteroatoms. The lowest BCUT2D eigenvalue weighted by molar-refractivity contribution is -0.140. The molecule has 2 aromatic rings. The number of nitrogens with zero attached hydrogens (tertiary/aromatic N) is 2. The molecule has 1 saturated carbocycles. The second-order valence-electron chi connectivity index (χ2n) is 11.2. The first-order valence-corrected chi connectivity index (χ1v) is 14.2. The van der Waals surface area contributed by atoms with Crippen molar-refractivity contribution in [3.05, 3.63) is 63.4 Å². The molecule has 0 spiro atoms. The fourth-order valence-corrected chi connectivity index (χ4v) is 7.95. The molecule has 2 aromatic carbocycles. The summed E-state index contributed by atoms with van der Waals surface area (Å²) in [6.07, 6.45) is 2.41. The van der Waals surface area contributed by atoms with E-state index in [2.05, 4.69) is 0 Å². The summed E-state index contributed by atoms with van der Waals surface area (Å²) >= 11 is 12.4. The standard InChI is InChI=1S/C30H27Cl2FN2O6/c1-4-34-26(37)16-7-6-15-17(23(16)28(34)39)12-18-27(38)35(14-5-8-21(33)19(31)11-14)29(40)30(18,2)24(15)13-9-20(32)25(36)22(10-13)41-3/h5-6,8-11,16-18,23-24,36H,4,7,12H2,1-3H3/t16-,17+,18-,23-,24-,30+/m0/s1. The third-order valence-corrected chi connectivity index (χ3v) is 10.0. The first kappa shape index (κ1) is 27.7. The number of rotatable bonds is 4. The minimum absolute atomic E-state index is 0.000803. The van der Waals surface area contributed by atoms with Gasteiger partial charge in [-0.05, 0) is 68.5 Å². The third-order valence-electron chi connectivity index (χ3n) is 9.45. The summed E-state index contributed by atoms with van der Waals surface area (Å²) in [5.41, 5.74) is 0.0965. The Morgan fingerprint density at radius 3 is 2.44 bits per heavy atom. The fraction of sp³-hybridized carbons (Fsp3) is 0.400. The summed E-state index contributed by atoms with van der Waals surface area (Å²) in [4.78, 5) is 57.4. The zero-order chi connectivity index (χ0) is 29.5. The summed E-state index contributed by atoms with van der Waals surface area (Å²) in [6.45, 7) is 3.71. The van der Waals surface area contributed by atoms with E-state index in [1.54, 1.807) is 19.9 Å². The molecule has 2 aliphatic carbocycles. The van der Waals surface area contributed by atoms with Crippen molar-refractivity contribution in [2.75, 3.05) is 18.6 Å². The molecule has 2 heterocycles. The summed E-state index contributed by atoms with van der Waals surface area (Å²) in [7, 11) is 1.38. The van der Waals surface area contributed by atoms with Crippen molar-refractivity contribution in [3.8, 4) is 11.5 Å². The largest absolute Gasteiger partial charge is 0.503 e. The molecule has 214 valence electrons. The lowest BCUT2D eigenvalue weighted by Crippen LogP contribution is -2.48. The lowest BCUT2D eigenvalue weighted by atomic mass is 9.51. The predicted octanol–water partition coefficient (Wildman–Crippen LogP) is 5.10. The van der Waals surface area contributed by atoms with Crippen LogP contribution in [0.3, 0.4) is 0 Å². The second kappa shape index (κ2) is 9.56. The van der Waals surface area contributed by atoms with Gasteiger partial charge in [-0.1, -0.05) is 34.9 Å². The number of hydrogen-bond acceptors (Lipinski definition) is 6. The molecule has 2 saturated heterocycles. The maximum absolute atomic E-state index is 14.4. The number of likely N-dealkylation sites (tertiary alicyclic amines) is 1. The van der Waals surface area contributed by atoms with Crippen molar-refractivity contribution < 1.29 is 33.4 Å². The number of carbonyl (C=O) groups is 4. The van der Waals surface area contributed by atoms with E-state index in [9.17, 15) is 28.7 Å². The molecule has 0 bridgehead atoms. The molecule has 4 aliphatic rings. The number of allylic oxidation sites excluding steroid dienone is 2. The second-order valence-corrected chi connectivity index (χ2v) is 12.0. The number of fused-ring (bicyclic) bond motifs is 4. The number of methoxy groups -OCH3 is 1. The summed E-state index contributed by atoms with van der Waals surface area (Å²) in [5, 5.41) is 10.2. The van der Waals surface area contributed by atoms with E-state index in [0.29, 0.717) is 12.0 Å². The predicted molar refractivity (Wildman–Crippen MR) is 148 cm³/mol. The average Bonchev–Trinajstić information content (AvgIpc) is 3.31. The normalized spacial score (nSPS) is 30.8. The van der Waals surface area contributed by atoms with Gasteiger partial charge in [0.05, 0.1) is 46.0 Å². The number of aromatic hydroxyl groups is 1. The zero-order valence-corrected chi connectivity index (χ0v) is 24.0. The number of amides is 4. The van der Waals surface area contributed by atoms with Gasteiger partial charge in [-0.3, -0.25) is 24.1 Å². The van der Waals surface area contributed by atoms with Crippen LogP contribution in [0.2, 0.25) is 10.0 Å². The van der Waals surface area contributed by atoms with Gasteiger partial charge in [0.1, 0.15) is 5.82 Å². The SMILES string of the molecule is CCN1C(=O)[C@H]2[C@H](CC=C3[C@H]2C[C@H]2C(=O)N(c4ccc(F)c(Cl)c4)C(=O)[C@@]2(C)[C@H]3c2cc(Cl)c(O)c(OC)c2)C1=O. The minimum atomic E-state index is -1.34. The monoisotopic (exact) mass is 600 g/mol. The van der Waals surface area contributed by atoms with E-state index in [1.807, 2.05) is 6.08 Å². The van der Waals surface area contributed by atoms with Crippen molar-refractivity contribution in [2.45, 2.75) is 32.6 Å². The smallest absolute Gasteiger partial charge is 0.241 e. The van der Waals surface area contributed by atoms with Gasteiger partial charge in [0.2, 0.25) is 23.6 Å².